The minimum atomic E-state index is -6.23. The Hall–Kier alpha value is -3.41. The maximum absolute atomic E-state index is 13.6. The fraction of sp³-hybridized carbons (Fsp3) is 0.273. The zero-order valence-electron chi connectivity index (χ0n) is 19.2. The van der Waals surface area contributed by atoms with Crippen LogP contribution in [0.25, 0.3) is 10.9 Å². The van der Waals surface area contributed by atoms with E-state index in [1.54, 1.807) is 19.9 Å². The molecule has 1 N–H and O–H groups in total. The molecule has 190 valence electrons. The van der Waals surface area contributed by atoms with Crippen molar-refractivity contribution < 1.29 is 39.0 Å². The molecule has 1 aromatic heterocycles. The van der Waals surface area contributed by atoms with E-state index in [0.717, 1.165) is 26.2 Å². The maximum atomic E-state index is 13.6. The molecule has 0 amide bonds. The van der Waals surface area contributed by atoms with Gasteiger partial charge in [-0.05, 0) is 29.8 Å². The zero-order chi connectivity index (χ0) is 27.0. The third kappa shape index (κ3) is 3.66. The van der Waals surface area contributed by atoms with Gasteiger partial charge in [0.2, 0.25) is 10.0 Å². The molecule has 1 heterocycles. The highest BCUT2D eigenvalue weighted by atomic mass is 32.2. The van der Waals surface area contributed by atoms with E-state index in [1.807, 2.05) is 6.07 Å². The summed E-state index contributed by atoms with van der Waals surface area (Å²) in [6, 6.07) is 8.24. The smallest absolute Gasteiger partial charge is 0.375 e. The van der Waals surface area contributed by atoms with Crippen molar-refractivity contribution in [3.05, 3.63) is 58.3 Å². The number of nitriles is 1. The van der Waals surface area contributed by atoms with Crippen LogP contribution in [0.5, 0.6) is 5.75 Å². The number of alkyl halides is 3. The lowest BCUT2D eigenvalue weighted by Crippen LogP contribution is -2.33. The summed E-state index contributed by atoms with van der Waals surface area (Å²) in [7, 11) is -8.61. The minimum Gasteiger partial charge on any atom is -0.375 e. The lowest BCUT2D eigenvalue weighted by molar-refractivity contribution is -0.0501. The fourth-order valence-electron chi connectivity index (χ4n) is 4.13. The lowest BCUT2D eigenvalue weighted by Gasteiger charge is -2.33. The van der Waals surface area contributed by atoms with Gasteiger partial charge < -0.3 is 9.17 Å². The van der Waals surface area contributed by atoms with Crippen LogP contribution in [0.4, 0.5) is 13.2 Å². The fourth-order valence-corrected chi connectivity index (χ4v) is 5.67. The van der Waals surface area contributed by atoms with E-state index in [-0.39, 0.29) is 16.7 Å². The molecule has 1 aliphatic carbocycles. The van der Waals surface area contributed by atoms with E-state index in [4.69, 9.17) is 0 Å². The Morgan fingerprint density at radius 1 is 1.08 bits per heavy atom. The van der Waals surface area contributed by atoms with E-state index < -0.39 is 47.5 Å². The van der Waals surface area contributed by atoms with Crippen LogP contribution in [0, 0.1) is 11.3 Å². The monoisotopic (exact) mass is 541 g/mol. The molecule has 2 aromatic carbocycles. The van der Waals surface area contributed by atoms with E-state index in [1.165, 1.54) is 12.1 Å². The standard InChI is InChI=1S/C22H18F3N3O6S2/c1-21(2)14-9-16(34-36(32,33)22(23,24)25)17(35(30,31)28(3)4)8-13(14)19(29)18-12-6-5-11(10-26)7-15(12)27-20(18)21/h5-9,27H,1-4H3. The molecule has 9 nitrogen and oxygen atoms in total. The number of benzene rings is 2. The van der Waals surface area contributed by atoms with Crippen molar-refractivity contribution in [1.82, 2.24) is 9.29 Å². The predicted octanol–water partition coefficient (Wildman–Crippen LogP) is 3.39. The average molecular weight is 542 g/mol. The number of H-pyrrole nitrogens is 1. The van der Waals surface area contributed by atoms with Crippen LogP contribution in [0.1, 0.15) is 46.6 Å². The summed E-state index contributed by atoms with van der Waals surface area (Å²) in [5, 5.41) is 9.66. The molecule has 4 rings (SSSR count). The van der Waals surface area contributed by atoms with Crippen LogP contribution in [0.15, 0.2) is 35.2 Å². The summed E-state index contributed by atoms with van der Waals surface area (Å²) >= 11 is 0. The summed E-state index contributed by atoms with van der Waals surface area (Å²) in [5.41, 5.74) is -5.72. The molecule has 0 atom stereocenters. The Morgan fingerprint density at radius 3 is 2.28 bits per heavy atom. The van der Waals surface area contributed by atoms with Gasteiger partial charge in [0.15, 0.2) is 11.5 Å². The highest BCUT2D eigenvalue weighted by Gasteiger charge is 2.50. The number of rotatable bonds is 4. The number of aromatic amines is 1. The molecule has 14 heteroatoms. The molecule has 1 aliphatic rings. The highest BCUT2D eigenvalue weighted by Crippen LogP contribution is 2.47. The molecule has 0 saturated carbocycles. The summed E-state index contributed by atoms with van der Waals surface area (Å²) in [4.78, 5) is 15.7. The number of halogens is 3. The third-order valence-corrected chi connectivity index (χ3v) is 8.83. The molecule has 0 saturated heterocycles. The second-order valence-electron chi connectivity index (χ2n) is 8.82. The van der Waals surface area contributed by atoms with Crippen LogP contribution in [0.3, 0.4) is 0 Å². The summed E-state index contributed by atoms with van der Waals surface area (Å²) in [5.74, 6) is -1.72. The second kappa shape index (κ2) is 7.79. The highest BCUT2D eigenvalue weighted by molar-refractivity contribution is 7.89. The number of fused-ring (bicyclic) bond motifs is 4. The Labute approximate surface area is 204 Å². The van der Waals surface area contributed by atoms with Crippen LogP contribution in [0.2, 0.25) is 0 Å². The molecule has 36 heavy (non-hydrogen) atoms. The van der Waals surface area contributed by atoms with Crippen molar-refractivity contribution in [2.75, 3.05) is 14.1 Å². The first kappa shape index (κ1) is 25.7. The first-order valence-corrected chi connectivity index (χ1v) is 13.0. The van der Waals surface area contributed by atoms with E-state index in [2.05, 4.69) is 9.17 Å². The summed E-state index contributed by atoms with van der Waals surface area (Å²) in [6.45, 7) is 3.25. The number of carbonyl (C=O) groups excluding carboxylic acids is 1. The molecular formula is C22H18F3N3O6S2. The normalized spacial score (nSPS) is 15.5. The topological polar surface area (TPSA) is 137 Å². The van der Waals surface area contributed by atoms with Crippen molar-refractivity contribution in [3.63, 3.8) is 0 Å². The van der Waals surface area contributed by atoms with Crippen LogP contribution in [-0.4, -0.2) is 51.5 Å². The number of hydrogen-bond acceptors (Lipinski definition) is 7. The first-order valence-electron chi connectivity index (χ1n) is 10.2. The van der Waals surface area contributed by atoms with Gasteiger partial charge in [0.05, 0.1) is 17.2 Å². The van der Waals surface area contributed by atoms with Gasteiger partial charge in [0.25, 0.3) is 0 Å². The molecule has 0 unspecified atom stereocenters. The van der Waals surface area contributed by atoms with Gasteiger partial charge >= 0.3 is 15.6 Å². The molecule has 0 bridgehead atoms. The van der Waals surface area contributed by atoms with Gasteiger partial charge in [-0.15, -0.1) is 0 Å². The maximum Gasteiger partial charge on any atom is 0.534 e. The van der Waals surface area contributed by atoms with Crippen molar-refractivity contribution >= 4 is 36.8 Å². The third-order valence-electron chi connectivity index (χ3n) is 6.02. The summed E-state index contributed by atoms with van der Waals surface area (Å²) < 4.78 is 93.6. The van der Waals surface area contributed by atoms with E-state index in [9.17, 15) is 40.1 Å². The molecule has 3 aromatic rings. The van der Waals surface area contributed by atoms with Gasteiger partial charge in [0, 0.05) is 41.7 Å². The molecule has 0 spiro atoms. The molecule has 0 fully saturated rings. The largest absolute Gasteiger partial charge is 0.534 e. The number of nitrogens with zero attached hydrogens (tertiary/aromatic N) is 2. The van der Waals surface area contributed by atoms with Crippen molar-refractivity contribution in [1.29, 1.82) is 5.26 Å². The quantitative estimate of drug-likeness (QED) is 0.395. The Morgan fingerprint density at radius 2 is 1.72 bits per heavy atom. The molecular weight excluding hydrogens is 523 g/mol. The van der Waals surface area contributed by atoms with Crippen LogP contribution < -0.4 is 4.18 Å². The Balaban J connectivity index is 2.06. The number of sulfonamides is 1. The predicted molar refractivity (Wildman–Crippen MR) is 121 cm³/mol. The van der Waals surface area contributed by atoms with Gasteiger partial charge in [0.1, 0.15) is 4.90 Å². The van der Waals surface area contributed by atoms with Crippen LogP contribution >= 0.6 is 0 Å². The minimum absolute atomic E-state index is 0.0529. The number of nitrogens with one attached hydrogen (secondary N) is 1. The van der Waals surface area contributed by atoms with Gasteiger partial charge in [-0.1, -0.05) is 19.9 Å². The van der Waals surface area contributed by atoms with Crippen LogP contribution in [-0.2, 0) is 25.6 Å². The van der Waals surface area contributed by atoms with E-state index in [0.29, 0.717) is 26.5 Å². The van der Waals surface area contributed by atoms with Gasteiger partial charge in [-0.2, -0.15) is 26.9 Å². The Bertz CT molecular complexity index is 1710. The number of ketones is 1. The number of hydrogen-bond donors (Lipinski definition) is 1. The SMILES string of the molecule is CN(C)S(=O)(=O)c1cc2c(cc1OS(=O)(=O)C(F)(F)F)C(C)(C)c1[nH]c3cc(C#N)ccc3c1C2=O. The van der Waals surface area contributed by atoms with E-state index >= 15 is 0 Å². The second-order valence-corrected chi connectivity index (χ2v) is 12.5. The molecule has 0 aliphatic heterocycles. The van der Waals surface area contributed by atoms with Crippen molar-refractivity contribution in [2.45, 2.75) is 29.7 Å². The van der Waals surface area contributed by atoms with Crippen molar-refractivity contribution in [2.24, 2.45) is 0 Å². The average Bonchev–Trinajstić information content (AvgIpc) is 3.16. The van der Waals surface area contributed by atoms with Gasteiger partial charge in [-0.25, -0.2) is 12.7 Å². The van der Waals surface area contributed by atoms with Crippen molar-refractivity contribution in [3.8, 4) is 11.8 Å². The zero-order valence-corrected chi connectivity index (χ0v) is 20.8. The first-order chi connectivity index (χ1) is 16.4. The Kier molecular flexibility index (Phi) is 5.56. The van der Waals surface area contributed by atoms with Gasteiger partial charge in [-0.3, -0.25) is 4.79 Å². The lowest BCUT2D eigenvalue weighted by atomic mass is 9.71. The number of aromatic nitrogens is 1. The number of carbonyl (C=O) groups is 1. The summed E-state index contributed by atoms with van der Waals surface area (Å²) in [6.07, 6.45) is 0. The molecule has 0 radical (unpaired) electrons.